The minimum atomic E-state index is -0.736. The molecule has 6 N–H and O–H groups in total. The standard InChI is InChI=1S/2C27H34N12O.C26H32N12O.2C2H6/c1-15-12-38(13-16(2)36(15)6)22-11-21(28-14-29-22)24-19-10-18(8-9-20(19)31-32-24)30-25(40)23-17(3)37(7)26-33-34-35-39(26)27(23,4)5;1-7-38-15(2)12-37(13-16(38)3)23-11-22(28-14-29-23)25-20-10-19(8-9-21(20)31-32-25)30-26(40)24-17(4)36(6)27-33-34-35-39(27)18(24)5;1-14-11-37(12-15(2)35(14)5)22-10-21(27-13-28-22)24-19-9-18(7-8-20(19)30-31-24)29-25(39)23-16(3)36(6)26-32-33-34-38(26)17(23)4;2*1-2/h8-11,14-16H,12-13H2,1-7H3,(H,30,40)(H,31,32);8-11,14-16,18H,7,12-13H2,1-6H3,(H,30,40)(H,31,32);7-10,13-15,17H,11-12H2,1-6H3,(H,29,39)(H,30,31);2*1-2H3/t15-,16+;15-,16+,18?;14-,15+,17?;;. The Morgan fingerprint density at radius 2 is 0.748 bits per heavy atom. The van der Waals surface area contributed by atoms with Crippen LogP contribution >= 0.6 is 0 Å². The summed E-state index contributed by atoms with van der Waals surface area (Å²) in [6.07, 6.45) is 4.78. The van der Waals surface area contributed by atoms with Gasteiger partial charge in [-0.25, -0.2) is 43.9 Å². The van der Waals surface area contributed by atoms with Crippen molar-refractivity contribution in [3.8, 4) is 34.2 Å². The lowest BCUT2D eigenvalue weighted by Gasteiger charge is -2.44. The monoisotopic (exact) mass is 1670 g/mol. The summed E-state index contributed by atoms with van der Waals surface area (Å²) in [4.78, 5) is 87.7. The molecule has 15 heterocycles. The molecule has 2 unspecified atom stereocenters. The van der Waals surface area contributed by atoms with E-state index in [0.717, 1.165) is 130 Å². The average Bonchev–Trinajstić information content (AvgIpc) is 1.71. The number of allylic oxidation sites excluding steroid dienone is 3. The molecule has 123 heavy (non-hydrogen) atoms. The van der Waals surface area contributed by atoms with Crippen LogP contribution in [0.4, 0.5) is 52.4 Å². The van der Waals surface area contributed by atoms with Crippen LogP contribution in [-0.2, 0) is 19.9 Å². The molecule has 9 aromatic heterocycles. The van der Waals surface area contributed by atoms with E-state index < -0.39 is 5.54 Å². The fourth-order valence-electron chi connectivity index (χ4n) is 17.4. The van der Waals surface area contributed by atoms with Gasteiger partial charge in [0.1, 0.15) is 53.5 Å². The van der Waals surface area contributed by atoms with Gasteiger partial charge in [0, 0.05) is 165 Å². The molecule has 6 aliphatic rings. The summed E-state index contributed by atoms with van der Waals surface area (Å²) in [6.45, 7) is 43.5. The Hall–Kier alpha value is -13.2. The second kappa shape index (κ2) is 35.5. The quantitative estimate of drug-likeness (QED) is 0.0625. The van der Waals surface area contributed by atoms with Gasteiger partial charge in [-0.1, -0.05) is 49.9 Å². The number of aromatic amines is 3. The maximum absolute atomic E-state index is 13.7. The summed E-state index contributed by atoms with van der Waals surface area (Å²) in [5, 5.41) is 70.7. The molecule has 0 spiro atoms. The number of aromatic nitrogens is 24. The molecule has 0 bridgehead atoms. The normalized spacial score (nSPS) is 21.0. The van der Waals surface area contributed by atoms with Crippen LogP contribution in [0.25, 0.3) is 66.9 Å². The highest BCUT2D eigenvalue weighted by Crippen LogP contribution is 2.41. The third-order valence-electron chi connectivity index (χ3n) is 24.7. The van der Waals surface area contributed by atoms with E-state index in [1.165, 1.54) is 0 Å². The average molecular weight is 1670 g/mol. The summed E-state index contributed by atoms with van der Waals surface area (Å²) >= 11 is 0. The lowest BCUT2D eigenvalue weighted by molar-refractivity contribution is -0.114. The number of carbonyl (C=O) groups excluding carboxylic acids is 3. The van der Waals surface area contributed by atoms with Gasteiger partial charge in [0.25, 0.3) is 17.7 Å². The van der Waals surface area contributed by atoms with Crippen LogP contribution in [-0.4, -0.2) is 271 Å². The molecular weight excluding hydrogens is 1560 g/mol. The van der Waals surface area contributed by atoms with Crippen LogP contribution in [0.5, 0.6) is 0 Å². The van der Waals surface area contributed by atoms with Gasteiger partial charge in [-0.15, -0.1) is 0 Å². The van der Waals surface area contributed by atoms with Crippen molar-refractivity contribution in [3.05, 3.63) is 126 Å². The molecule has 3 saturated heterocycles. The minimum Gasteiger partial charge on any atom is -0.353 e. The van der Waals surface area contributed by atoms with Crippen molar-refractivity contribution >= 4 is 103 Å². The third kappa shape index (κ3) is 16.4. The Bertz CT molecular complexity index is 5930. The van der Waals surface area contributed by atoms with Gasteiger partial charge in [0.2, 0.25) is 17.8 Å². The molecule has 18 rings (SSSR count). The van der Waals surface area contributed by atoms with Gasteiger partial charge in [-0.05, 0) is 197 Å². The van der Waals surface area contributed by atoms with Crippen LogP contribution in [0.15, 0.2) is 126 Å². The van der Waals surface area contributed by atoms with Crippen LogP contribution in [0.1, 0.15) is 137 Å². The maximum Gasteiger partial charge on any atom is 0.255 e. The first-order valence-electron chi connectivity index (χ1n) is 42.0. The Balaban J connectivity index is 0.000000147. The molecule has 646 valence electrons. The Morgan fingerprint density at radius 1 is 0.423 bits per heavy atom. The second-order valence-electron chi connectivity index (χ2n) is 32.4. The number of piperazine rings is 3. The lowest BCUT2D eigenvalue weighted by atomic mass is 9.89. The predicted octanol–water partition coefficient (Wildman–Crippen LogP) is 9.99. The zero-order chi connectivity index (χ0) is 87.9. The molecule has 0 aliphatic carbocycles. The Labute approximate surface area is 714 Å². The second-order valence-corrected chi connectivity index (χ2v) is 32.4. The van der Waals surface area contributed by atoms with E-state index in [2.05, 4.69) is 215 Å². The van der Waals surface area contributed by atoms with Crippen molar-refractivity contribution in [2.75, 3.05) is 126 Å². The molecular formula is C84H112N36O3. The van der Waals surface area contributed by atoms with Crippen molar-refractivity contribution in [2.24, 2.45) is 0 Å². The number of hydrogen-bond acceptors (Lipinski definition) is 30. The van der Waals surface area contributed by atoms with Gasteiger partial charge in [-0.2, -0.15) is 15.3 Å². The molecule has 39 heteroatoms. The molecule has 39 nitrogen and oxygen atoms in total. The van der Waals surface area contributed by atoms with Crippen LogP contribution in [0.2, 0.25) is 0 Å². The van der Waals surface area contributed by atoms with Crippen molar-refractivity contribution in [1.82, 2.24) is 136 Å². The van der Waals surface area contributed by atoms with Crippen molar-refractivity contribution in [2.45, 2.75) is 179 Å². The highest BCUT2D eigenvalue weighted by molar-refractivity contribution is 6.09. The molecule has 3 fully saturated rings. The number of fused-ring (bicyclic) bond motifs is 6. The van der Waals surface area contributed by atoms with E-state index >= 15 is 0 Å². The van der Waals surface area contributed by atoms with E-state index in [1.54, 1.807) is 33.0 Å². The molecule has 0 radical (unpaired) electrons. The third-order valence-corrected chi connectivity index (χ3v) is 24.7. The number of anilines is 9. The van der Waals surface area contributed by atoms with Crippen molar-refractivity contribution < 1.29 is 14.4 Å². The molecule has 3 amide bonds. The number of likely N-dealkylation sites (N-methyl/N-ethyl adjacent to an activating group) is 3. The van der Waals surface area contributed by atoms with Gasteiger partial charge in [0.15, 0.2) is 0 Å². The van der Waals surface area contributed by atoms with E-state index in [4.69, 9.17) is 0 Å². The van der Waals surface area contributed by atoms with Crippen molar-refractivity contribution in [3.63, 3.8) is 0 Å². The van der Waals surface area contributed by atoms with E-state index in [-0.39, 0.29) is 29.8 Å². The summed E-state index contributed by atoms with van der Waals surface area (Å²) in [6, 6.07) is 25.0. The van der Waals surface area contributed by atoms with E-state index in [9.17, 15) is 14.4 Å². The van der Waals surface area contributed by atoms with Crippen molar-refractivity contribution in [1.29, 1.82) is 0 Å². The molecule has 12 aromatic rings. The number of tetrazole rings is 3. The Morgan fingerprint density at radius 3 is 1.11 bits per heavy atom. The highest BCUT2D eigenvalue weighted by atomic mass is 16.2. The number of amides is 3. The number of H-pyrrole nitrogens is 3. The van der Waals surface area contributed by atoms with Gasteiger partial charge >= 0.3 is 0 Å². The summed E-state index contributed by atoms with van der Waals surface area (Å²) in [5.41, 5.74) is 12.2. The number of benzene rings is 3. The largest absolute Gasteiger partial charge is 0.353 e. The molecule has 6 aliphatic heterocycles. The molecule has 3 aromatic carbocycles. The maximum atomic E-state index is 13.7. The van der Waals surface area contributed by atoms with Gasteiger partial charge < -0.3 is 45.3 Å². The van der Waals surface area contributed by atoms with Crippen LogP contribution < -0.4 is 45.3 Å². The first-order chi connectivity index (χ1) is 59.0. The SMILES string of the molecule is CC.CC.CC1=C(C(=O)Nc2ccc3[nH]nc(-c4cc(N5C[C@@H](C)N(C)[C@@H](C)C5)ncn4)c3c2)C(C)(C)n2nnnc2N1C.CC1=C(C(=O)Nc2ccc3[nH]nc(-c4cc(N5C[C@@H](C)N(C)[C@@H](C)C5)ncn4)c3c2)C(C)n2nnnc2N1C.CCN1[C@H](C)CN(c2cc(-c3n[nH]c4ccc(NC(=O)C5=C(C)N(C)c6nnnn6C5C)cc34)ncn2)C[C@@H]1C. The minimum absolute atomic E-state index is 0.207. The van der Waals surface area contributed by atoms with Crippen LogP contribution in [0, 0.1) is 0 Å². The van der Waals surface area contributed by atoms with E-state index in [0.29, 0.717) is 105 Å². The first-order valence-corrected chi connectivity index (χ1v) is 42.0. The molecule has 0 saturated carbocycles. The van der Waals surface area contributed by atoms with Crippen LogP contribution in [0.3, 0.4) is 0 Å². The first kappa shape index (κ1) is 86.2. The fourth-order valence-corrected chi connectivity index (χ4v) is 17.4. The van der Waals surface area contributed by atoms with Gasteiger partial charge in [0.05, 0.1) is 68.0 Å². The van der Waals surface area contributed by atoms with E-state index in [1.807, 2.05) is 185 Å². The smallest absolute Gasteiger partial charge is 0.255 e. The lowest BCUT2D eigenvalue weighted by Crippen LogP contribution is -2.56. The zero-order valence-corrected chi connectivity index (χ0v) is 74.4. The number of nitrogens with one attached hydrogen (secondary N) is 6. The number of rotatable bonds is 13. The summed E-state index contributed by atoms with van der Waals surface area (Å²) in [5.74, 6) is 3.81. The summed E-state index contributed by atoms with van der Waals surface area (Å²) < 4.78 is 4.96. The number of carbonyl (C=O) groups is 3. The zero-order valence-electron chi connectivity index (χ0n) is 74.4. The topological polar surface area (TPSA) is 411 Å². The number of hydrogen-bond donors (Lipinski definition) is 6. The number of nitrogens with zero attached hydrogens (tertiary/aromatic N) is 30. The predicted molar refractivity (Wildman–Crippen MR) is 477 cm³/mol. The highest BCUT2D eigenvalue weighted by Gasteiger charge is 2.43. The van der Waals surface area contributed by atoms with Gasteiger partial charge in [-0.3, -0.25) is 44.4 Å². The fraction of sp³-hybridized carbons (Fsp3) is 0.464. The molecule has 8 atom stereocenters. The summed E-state index contributed by atoms with van der Waals surface area (Å²) in [7, 11) is 9.88. The Kier molecular flexibility index (Phi) is 24.9.